The Kier molecular flexibility index (Phi) is 3.20. The number of hydrogen-bond acceptors (Lipinski definition) is 2. The number of rotatable bonds is 3. The Hall–Kier alpha value is -1.02. The third-order valence-corrected chi connectivity index (χ3v) is 3.72. The fourth-order valence-corrected chi connectivity index (χ4v) is 2.67. The van der Waals surface area contributed by atoms with Crippen LogP contribution in [0.4, 0.5) is 0 Å². The van der Waals surface area contributed by atoms with E-state index in [-0.39, 0.29) is 11.7 Å². The molecule has 0 saturated carbocycles. The molecule has 0 radical (unpaired) electrons. The van der Waals surface area contributed by atoms with Gasteiger partial charge in [0.1, 0.15) is 12.0 Å². The summed E-state index contributed by atoms with van der Waals surface area (Å²) in [6, 6.07) is 2.01. The average Bonchev–Trinajstić information content (AvgIpc) is 2.71. The van der Waals surface area contributed by atoms with Crippen molar-refractivity contribution in [1.29, 1.82) is 0 Å². The van der Waals surface area contributed by atoms with Gasteiger partial charge < -0.3 is 9.90 Å². The molecule has 3 heteroatoms. The molecule has 2 rings (SSSR count). The minimum absolute atomic E-state index is 0.0286. The molecule has 0 fully saturated rings. The van der Waals surface area contributed by atoms with Crippen molar-refractivity contribution in [2.75, 3.05) is 0 Å². The third-order valence-electron chi connectivity index (χ3n) is 3.32. The van der Waals surface area contributed by atoms with Gasteiger partial charge in [-0.25, -0.2) is 0 Å². The van der Waals surface area contributed by atoms with Crippen molar-refractivity contribution < 1.29 is 9.90 Å². The number of fused-ring (bicyclic) bond motifs is 1. The molecule has 0 aromatic heterocycles. The van der Waals surface area contributed by atoms with Crippen LogP contribution in [0.2, 0.25) is 5.02 Å². The second kappa shape index (κ2) is 4.46. The monoisotopic (exact) mass is 238 g/mol. The second-order valence-electron chi connectivity index (χ2n) is 4.42. The number of aryl methyl sites for hydroxylation is 1. The van der Waals surface area contributed by atoms with E-state index in [1.807, 2.05) is 13.0 Å². The van der Waals surface area contributed by atoms with Crippen molar-refractivity contribution in [2.24, 2.45) is 0 Å². The Morgan fingerprint density at radius 2 is 2.31 bits per heavy atom. The standard InChI is InChI=1S/C13H15ClO2/c1-8(5-6-15)11-7-9-3-2-4-10(9)12(14)13(11)16/h6-8,16H,2-5H2,1H3. The number of benzene rings is 1. The molecule has 2 nitrogen and oxygen atoms in total. The molecular weight excluding hydrogens is 224 g/mol. The number of aldehydes is 1. The van der Waals surface area contributed by atoms with Crippen LogP contribution in [0.5, 0.6) is 5.75 Å². The zero-order valence-electron chi connectivity index (χ0n) is 9.29. The maximum absolute atomic E-state index is 10.5. The van der Waals surface area contributed by atoms with Gasteiger partial charge in [0.2, 0.25) is 0 Å². The summed E-state index contributed by atoms with van der Waals surface area (Å²) in [6.07, 6.45) is 4.37. The van der Waals surface area contributed by atoms with Gasteiger partial charge in [0, 0.05) is 6.42 Å². The zero-order valence-corrected chi connectivity index (χ0v) is 10.0. The van der Waals surface area contributed by atoms with Crippen molar-refractivity contribution in [3.05, 3.63) is 27.8 Å². The lowest BCUT2D eigenvalue weighted by Gasteiger charge is -2.15. The Labute approximate surface area is 100 Å². The van der Waals surface area contributed by atoms with Crippen LogP contribution in [0.1, 0.15) is 42.4 Å². The number of carbonyl (C=O) groups excluding carboxylic acids is 1. The van der Waals surface area contributed by atoms with Gasteiger partial charge in [-0.2, -0.15) is 0 Å². The summed E-state index contributed by atoms with van der Waals surface area (Å²) in [5.74, 6) is 0.192. The van der Waals surface area contributed by atoms with Crippen molar-refractivity contribution >= 4 is 17.9 Å². The summed E-state index contributed by atoms with van der Waals surface area (Å²) in [5, 5.41) is 10.5. The van der Waals surface area contributed by atoms with Crippen molar-refractivity contribution in [3.63, 3.8) is 0 Å². The highest BCUT2D eigenvalue weighted by molar-refractivity contribution is 6.33. The molecule has 0 spiro atoms. The Bertz CT molecular complexity index is 426. The molecular formula is C13H15ClO2. The van der Waals surface area contributed by atoms with Gasteiger partial charge in [-0.05, 0) is 41.9 Å². The second-order valence-corrected chi connectivity index (χ2v) is 4.80. The molecule has 1 aromatic rings. The molecule has 1 atom stereocenters. The van der Waals surface area contributed by atoms with E-state index in [1.165, 1.54) is 5.56 Å². The number of hydrogen-bond donors (Lipinski definition) is 1. The smallest absolute Gasteiger partial charge is 0.137 e. The summed E-state index contributed by atoms with van der Waals surface area (Å²) in [5.41, 5.74) is 3.12. The van der Waals surface area contributed by atoms with E-state index in [2.05, 4.69) is 0 Å². The topological polar surface area (TPSA) is 37.3 Å². The van der Waals surface area contributed by atoms with Gasteiger partial charge in [0.25, 0.3) is 0 Å². The highest BCUT2D eigenvalue weighted by atomic mass is 35.5. The molecule has 0 amide bonds. The molecule has 1 aliphatic carbocycles. The summed E-state index contributed by atoms with van der Waals surface area (Å²) in [6.45, 7) is 1.93. The Balaban J connectivity index is 2.47. The average molecular weight is 239 g/mol. The predicted octanol–water partition coefficient (Wildman–Crippen LogP) is 3.23. The van der Waals surface area contributed by atoms with E-state index in [0.29, 0.717) is 11.4 Å². The summed E-state index contributed by atoms with van der Waals surface area (Å²) < 4.78 is 0. The predicted molar refractivity (Wildman–Crippen MR) is 64.2 cm³/mol. The zero-order chi connectivity index (χ0) is 11.7. The van der Waals surface area contributed by atoms with Crippen LogP contribution < -0.4 is 0 Å². The first-order chi connectivity index (χ1) is 7.65. The van der Waals surface area contributed by atoms with Crippen molar-refractivity contribution in [2.45, 2.75) is 38.5 Å². The Morgan fingerprint density at radius 3 is 3.00 bits per heavy atom. The van der Waals surface area contributed by atoms with Crippen molar-refractivity contribution in [3.8, 4) is 5.75 Å². The van der Waals surface area contributed by atoms with Crippen LogP contribution in [0.25, 0.3) is 0 Å². The molecule has 0 heterocycles. The minimum atomic E-state index is 0.0286. The lowest BCUT2D eigenvalue weighted by molar-refractivity contribution is -0.108. The van der Waals surface area contributed by atoms with Crippen LogP contribution >= 0.6 is 11.6 Å². The van der Waals surface area contributed by atoms with Gasteiger partial charge in [-0.1, -0.05) is 24.6 Å². The number of halogens is 1. The first-order valence-corrected chi connectivity index (χ1v) is 5.99. The number of carbonyl (C=O) groups is 1. The van der Waals surface area contributed by atoms with Gasteiger partial charge in [-0.15, -0.1) is 0 Å². The van der Waals surface area contributed by atoms with Crippen molar-refractivity contribution in [1.82, 2.24) is 0 Å². The number of phenolic OH excluding ortho intramolecular Hbond substituents is 1. The maximum Gasteiger partial charge on any atom is 0.137 e. The quantitative estimate of drug-likeness (QED) is 0.821. The van der Waals surface area contributed by atoms with E-state index in [0.717, 1.165) is 36.7 Å². The fourth-order valence-electron chi connectivity index (χ4n) is 2.35. The molecule has 1 unspecified atom stereocenters. The van der Waals surface area contributed by atoms with E-state index in [1.54, 1.807) is 0 Å². The highest BCUT2D eigenvalue weighted by Crippen LogP contribution is 2.41. The highest BCUT2D eigenvalue weighted by Gasteiger charge is 2.22. The van der Waals surface area contributed by atoms with Gasteiger partial charge in [-0.3, -0.25) is 0 Å². The Morgan fingerprint density at radius 1 is 1.56 bits per heavy atom. The van der Waals surface area contributed by atoms with Crippen LogP contribution in [0, 0.1) is 0 Å². The largest absolute Gasteiger partial charge is 0.506 e. The van der Waals surface area contributed by atoms with Crippen LogP contribution in [0.3, 0.4) is 0 Å². The number of phenols is 1. The first-order valence-electron chi connectivity index (χ1n) is 5.62. The lowest BCUT2D eigenvalue weighted by atomic mass is 9.94. The molecule has 0 aliphatic heterocycles. The van der Waals surface area contributed by atoms with E-state index < -0.39 is 0 Å². The molecule has 86 valence electrons. The maximum atomic E-state index is 10.5. The van der Waals surface area contributed by atoms with E-state index in [4.69, 9.17) is 11.6 Å². The summed E-state index contributed by atoms with van der Waals surface area (Å²) in [4.78, 5) is 10.5. The van der Waals surface area contributed by atoms with Crippen LogP contribution in [-0.4, -0.2) is 11.4 Å². The van der Waals surface area contributed by atoms with E-state index >= 15 is 0 Å². The normalized spacial score (nSPS) is 15.9. The van der Waals surface area contributed by atoms with E-state index in [9.17, 15) is 9.90 Å². The molecule has 0 saturated heterocycles. The van der Waals surface area contributed by atoms with Crippen LogP contribution in [0.15, 0.2) is 6.07 Å². The molecule has 16 heavy (non-hydrogen) atoms. The molecule has 1 N–H and O–H groups in total. The SMILES string of the molecule is CC(CC=O)c1cc2c(c(Cl)c1O)CCC2. The lowest BCUT2D eigenvalue weighted by Crippen LogP contribution is -1.98. The fraction of sp³-hybridized carbons (Fsp3) is 0.462. The number of aromatic hydroxyl groups is 1. The summed E-state index contributed by atoms with van der Waals surface area (Å²) in [7, 11) is 0. The molecule has 0 bridgehead atoms. The van der Waals surface area contributed by atoms with Gasteiger partial charge in [0.15, 0.2) is 0 Å². The molecule has 1 aliphatic rings. The minimum Gasteiger partial charge on any atom is -0.506 e. The third kappa shape index (κ3) is 1.82. The molecule has 1 aromatic carbocycles. The summed E-state index contributed by atoms with van der Waals surface area (Å²) >= 11 is 6.15. The van der Waals surface area contributed by atoms with Gasteiger partial charge >= 0.3 is 0 Å². The first kappa shape index (κ1) is 11.5. The van der Waals surface area contributed by atoms with Gasteiger partial charge in [0.05, 0.1) is 5.02 Å². The van der Waals surface area contributed by atoms with Crippen LogP contribution in [-0.2, 0) is 17.6 Å².